The number of hydrogen-bond donors (Lipinski definition) is 3. The summed E-state index contributed by atoms with van der Waals surface area (Å²) < 4.78 is 7.26. The van der Waals surface area contributed by atoms with Gasteiger partial charge >= 0.3 is 0 Å². The van der Waals surface area contributed by atoms with Crippen molar-refractivity contribution in [2.75, 3.05) is 49.8 Å². The maximum Gasteiger partial charge on any atom is 0.245 e. The quantitative estimate of drug-likeness (QED) is 0.369. The maximum atomic E-state index is 11.7. The van der Waals surface area contributed by atoms with Crippen LogP contribution >= 0.6 is 0 Å². The molecule has 0 radical (unpaired) electrons. The second-order valence-corrected chi connectivity index (χ2v) is 9.46. The molecule has 0 saturated carbocycles. The number of carbonyl (C=O) groups excluding carboxylic acids is 1. The summed E-state index contributed by atoms with van der Waals surface area (Å²) in [5.74, 6) is 1.51. The molecule has 0 aliphatic carbocycles. The zero-order valence-corrected chi connectivity index (χ0v) is 21.5. The van der Waals surface area contributed by atoms with Gasteiger partial charge in [-0.15, -0.1) is 0 Å². The molecule has 3 N–H and O–H groups in total. The van der Waals surface area contributed by atoms with E-state index >= 15 is 0 Å². The zero-order valence-electron chi connectivity index (χ0n) is 21.5. The lowest BCUT2D eigenvalue weighted by Crippen LogP contribution is -2.29. The number of nitrogens with zero attached hydrogens (tertiary/aromatic N) is 5. The third kappa shape index (κ3) is 6.51. The minimum absolute atomic E-state index is 0.0316. The first kappa shape index (κ1) is 25.4. The summed E-state index contributed by atoms with van der Waals surface area (Å²) in [6.45, 7) is 6.92. The fourth-order valence-corrected chi connectivity index (χ4v) is 3.96. The molecule has 1 saturated heterocycles. The van der Waals surface area contributed by atoms with Crippen LogP contribution < -0.4 is 16.0 Å². The van der Waals surface area contributed by atoms with Crippen molar-refractivity contribution in [2.24, 2.45) is 0 Å². The first-order chi connectivity index (χ1) is 17.4. The Morgan fingerprint density at radius 2 is 2.03 bits per heavy atom. The van der Waals surface area contributed by atoms with E-state index in [4.69, 9.17) is 14.7 Å². The van der Waals surface area contributed by atoms with Crippen LogP contribution in [0.3, 0.4) is 0 Å². The molecule has 4 rings (SSSR count). The molecule has 1 aromatic carbocycles. The highest BCUT2D eigenvalue weighted by molar-refractivity contribution is 5.87. The van der Waals surface area contributed by atoms with Crippen molar-refractivity contribution in [3.63, 3.8) is 0 Å². The molecule has 3 aromatic rings. The number of rotatable bonds is 10. The Balaban J connectivity index is 1.47. The van der Waals surface area contributed by atoms with E-state index in [-0.39, 0.29) is 5.91 Å². The SMILES string of the molecule is CC(C)c1cnn2c(NCc3cccc(NC/C=C/C(=O)N(C)C)c3)nc(NC3CCOCC3)nc12. The van der Waals surface area contributed by atoms with Crippen molar-refractivity contribution in [3.8, 4) is 0 Å². The number of fused-ring (bicyclic) bond motifs is 1. The molecule has 0 atom stereocenters. The summed E-state index contributed by atoms with van der Waals surface area (Å²) >= 11 is 0. The Labute approximate surface area is 212 Å². The van der Waals surface area contributed by atoms with E-state index in [9.17, 15) is 4.79 Å². The molecule has 192 valence electrons. The van der Waals surface area contributed by atoms with Gasteiger partial charge in [-0.3, -0.25) is 4.79 Å². The van der Waals surface area contributed by atoms with Gasteiger partial charge in [-0.1, -0.05) is 32.1 Å². The number of hydrogen-bond acceptors (Lipinski definition) is 8. The zero-order chi connectivity index (χ0) is 25.5. The van der Waals surface area contributed by atoms with Gasteiger partial charge in [-0.2, -0.15) is 19.6 Å². The molecule has 10 nitrogen and oxygen atoms in total. The van der Waals surface area contributed by atoms with Crippen LogP contribution in [0.1, 0.15) is 43.7 Å². The average molecular weight is 493 g/mol. The molecule has 1 amide bonds. The predicted molar refractivity (Wildman–Crippen MR) is 142 cm³/mol. The summed E-state index contributed by atoms with van der Waals surface area (Å²) in [6, 6.07) is 8.45. The van der Waals surface area contributed by atoms with Gasteiger partial charge < -0.3 is 25.6 Å². The molecule has 0 unspecified atom stereocenters. The lowest BCUT2D eigenvalue weighted by Gasteiger charge is -2.23. The first-order valence-electron chi connectivity index (χ1n) is 12.4. The van der Waals surface area contributed by atoms with E-state index in [1.807, 2.05) is 24.4 Å². The van der Waals surface area contributed by atoms with Crippen LogP contribution in [0.2, 0.25) is 0 Å². The summed E-state index contributed by atoms with van der Waals surface area (Å²) in [5, 5.41) is 14.8. The number of nitrogens with one attached hydrogen (secondary N) is 3. The minimum Gasteiger partial charge on any atom is -0.382 e. The third-order valence-corrected chi connectivity index (χ3v) is 6.07. The Bertz CT molecular complexity index is 1200. The van der Waals surface area contributed by atoms with Crippen LogP contribution in [-0.2, 0) is 16.1 Å². The molecule has 3 heterocycles. The fourth-order valence-electron chi connectivity index (χ4n) is 3.96. The van der Waals surface area contributed by atoms with Gasteiger partial charge in [-0.25, -0.2) is 0 Å². The summed E-state index contributed by atoms with van der Waals surface area (Å²) in [7, 11) is 3.47. The van der Waals surface area contributed by atoms with Crippen LogP contribution in [0.15, 0.2) is 42.6 Å². The lowest BCUT2D eigenvalue weighted by atomic mass is 10.1. The maximum absolute atomic E-state index is 11.7. The molecule has 1 fully saturated rings. The molecular weight excluding hydrogens is 456 g/mol. The Morgan fingerprint density at radius 3 is 2.78 bits per heavy atom. The summed E-state index contributed by atoms with van der Waals surface area (Å²) in [4.78, 5) is 22.8. The number of aromatic nitrogens is 4. The number of carbonyl (C=O) groups is 1. The normalized spacial score (nSPS) is 14.5. The third-order valence-electron chi connectivity index (χ3n) is 6.07. The Hall–Kier alpha value is -3.66. The van der Waals surface area contributed by atoms with Crippen LogP contribution in [0.5, 0.6) is 0 Å². The topological polar surface area (TPSA) is 109 Å². The van der Waals surface area contributed by atoms with Crippen molar-refractivity contribution in [2.45, 2.75) is 45.2 Å². The van der Waals surface area contributed by atoms with Crippen LogP contribution in [-0.4, -0.2) is 70.3 Å². The average Bonchev–Trinajstić information content (AvgIpc) is 3.30. The van der Waals surface area contributed by atoms with Crippen molar-refractivity contribution >= 4 is 29.1 Å². The van der Waals surface area contributed by atoms with Crippen molar-refractivity contribution < 1.29 is 9.53 Å². The largest absolute Gasteiger partial charge is 0.382 e. The Morgan fingerprint density at radius 1 is 1.22 bits per heavy atom. The highest BCUT2D eigenvalue weighted by Gasteiger charge is 2.19. The van der Waals surface area contributed by atoms with Gasteiger partial charge in [0.15, 0.2) is 5.65 Å². The standard InChI is InChI=1S/C26H36N8O2/c1-18(2)22-17-29-34-24(22)31-25(30-20-10-13-36-14-11-20)32-26(34)28-16-19-7-5-8-21(15-19)27-12-6-9-23(35)33(3)4/h5-9,15,17-18,20,27H,10-14,16H2,1-4H3,(H2,28,30,31,32)/b9-6+. The van der Waals surface area contributed by atoms with Gasteiger partial charge in [0.05, 0.1) is 6.20 Å². The number of benzene rings is 1. The smallest absolute Gasteiger partial charge is 0.245 e. The molecule has 1 aliphatic heterocycles. The van der Waals surface area contributed by atoms with Gasteiger partial charge in [0.1, 0.15) is 0 Å². The first-order valence-corrected chi connectivity index (χ1v) is 12.4. The van der Waals surface area contributed by atoms with E-state index in [0.29, 0.717) is 36.9 Å². The molecule has 0 spiro atoms. The van der Waals surface area contributed by atoms with E-state index in [1.165, 1.54) is 0 Å². The van der Waals surface area contributed by atoms with Crippen LogP contribution in [0, 0.1) is 0 Å². The van der Waals surface area contributed by atoms with Crippen molar-refractivity contribution in [1.29, 1.82) is 0 Å². The van der Waals surface area contributed by atoms with Gasteiger partial charge in [-0.05, 0) is 36.5 Å². The summed E-state index contributed by atoms with van der Waals surface area (Å²) in [6.07, 6.45) is 7.14. The van der Waals surface area contributed by atoms with E-state index in [2.05, 4.69) is 47.0 Å². The molecule has 1 aliphatic rings. The number of ether oxygens (including phenoxy) is 1. The summed E-state index contributed by atoms with van der Waals surface area (Å²) in [5.41, 5.74) is 3.97. The van der Waals surface area contributed by atoms with Crippen molar-refractivity contribution in [3.05, 3.63) is 53.7 Å². The van der Waals surface area contributed by atoms with E-state index in [1.54, 1.807) is 29.6 Å². The fraction of sp³-hybridized carbons (Fsp3) is 0.462. The second-order valence-electron chi connectivity index (χ2n) is 9.46. The van der Waals surface area contributed by atoms with Crippen LogP contribution in [0.4, 0.5) is 17.6 Å². The van der Waals surface area contributed by atoms with E-state index < -0.39 is 0 Å². The molecule has 36 heavy (non-hydrogen) atoms. The molecule has 0 bridgehead atoms. The van der Waals surface area contributed by atoms with Gasteiger partial charge in [0.25, 0.3) is 0 Å². The molecular formula is C26H36N8O2. The van der Waals surface area contributed by atoms with Gasteiger partial charge in [0, 0.05) is 63.8 Å². The highest BCUT2D eigenvalue weighted by Crippen LogP contribution is 2.23. The van der Waals surface area contributed by atoms with Gasteiger partial charge in [0.2, 0.25) is 17.8 Å². The lowest BCUT2D eigenvalue weighted by molar-refractivity contribution is -0.123. The highest BCUT2D eigenvalue weighted by atomic mass is 16.5. The number of amides is 1. The van der Waals surface area contributed by atoms with Crippen molar-refractivity contribution in [1.82, 2.24) is 24.5 Å². The number of likely N-dealkylation sites (N-methyl/N-ethyl adjacent to an activating group) is 1. The minimum atomic E-state index is -0.0316. The van der Waals surface area contributed by atoms with Crippen LogP contribution in [0.25, 0.3) is 5.65 Å². The Kier molecular flexibility index (Phi) is 8.37. The monoisotopic (exact) mass is 492 g/mol. The molecule has 10 heteroatoms. The van der Waals surface area contributed by atoms with E-state index in [0.717, 1.165) is 48.5 Å². The number of anilines is 3. The second kappa shape index (κ2) is 11.9. The molecule has 2 aromatic heterocycles. The predicted octanol–water partition coefficient (Wildman–Crippen LogP) is 3.51.